The van der Waals surface area contributed by atoms with Gasteiger partial charge < -0.3 is 9.47 Å². The highest BCUT2D eigenvalue weighted by molar-refractivity contribution is 6.09. The third-order valence-corrected chi connectivity index (χ3v) is 13.0. The summed E-state index contributed by atoms with van der Waals surface area (Å²) >= 11 is 0. The summed E-state index contributed by atoms with van der Waals surface area (Å²) in [5.41, 5.74) is 18.8. The van der Waals surface area contributed by atoms with Crippen molar-refractivity contribution in [3.63, 3.8) is 0 Å². The molecule has 310 valence electrons. The summed E-state index contributed by atoms with van der Waals surface area (Å²) in [5, 5.41) is 5.04. The number of rotatable bonds is 9. The smallest absolute Gasteiger partial charge is 0.0541 e. The average molecular weight is 841 g/mol. The van der Waals surface area contributed by atoms with E-state index in [4.69, 9.17) is 0 Å². The lowest BCUT2D eigenvalue weighted by atomic mass is 9.95. The van der Waals surface area contributed by atoms with E-state index in [0.29, 0.717) is 0 Å². The molecule has 11 aromatic carbocycles. The maximum Gasteiger partial charge on any atom is 0.0541 e. The Bertz CT molecular complexity index is 3620. The topological polar surface area (TPSA) is 8.17 Å². The predicted octanol–water partition coefficient (Wildman–Crippen LogP) is 17.7. The van der Waals surface area contributed by atoms with E-state index in [2.05, 4.69) is 276 Å². The monoisotopic (exact) mass is 840 g/mol. The van der Waals surface area contributed by atoms with Crippen LogP contribution in [0.5, 0.6) is 0 Å². The van der Waals surface area contributed by atoms with E-state index in [1.807, 2.05) is 0 Å². The molecular formula is C64H44N2. The summed E-state index contributed by atoms with van der Waals surface area (Å²) < 4.78 is 2.38. The molecule has 0 saturated carbocycles. The number of aromatic nitrogens is 1. The molecular weight excluding hydrogens is 797 g/mol. The van der Waals surface area contributed by atoms with Gasteiger partial charge in [-0.25, -0.2) is 0 Å². The first kappa shape index (κ1) is 38.9. The fourth-order valence-corrected chi connectivity index (χ4v) is 9.73. The molecule has 2 heteroatoms. The molecule has 0 aliphatic carbocycles. The van der Waals surface area contributed by atoms with Crippen molar-refractivity contribution in [1.29, 1.82) is 0 Å². The molecule has 2 nitrogen and oxygen atoms in total. The van der Waals surface area contributed by atoms with Gasteiger partial charge in [-0.15, -0.1) is 0 Å². The summed E-state index contributed by atoms with van der Waals surface area (Å²) in [6.07, 6.45) is 0. The fraction of sp³-hybridized carbons (Fsp3) is 0. The normalized spacial score (nSPS) is 11.3. The van der Waals surface area contributed by atoms with Gasteiger partial charge >= 0.3 is 0 Å². The van der Waals surface area contributed by atoms with Crippen molar-refractivity contribution in [2.75, 3.05) is 4.90 Å². The molecule has 0 fully saturated rings. The zero-order valence-corrected chi connectivity index (χ0v) is 36.3. The van der Waals surface area contributed by atoms with Crippen molar-refractivity contribution >= 4 is 49.6 Å². The van der Waals surface area contributed by atoms with Crippen LogP contribution in [0.1, 0.15) is 0 Å². The van der Waals surface area contributed by atoms with Crippen molar-refractivity contribution in [1.82, 2.24) is 4.57 Å². The first-order valence-corrected chi connectivity index (χ1v) is 22.7. The zero-order chi connectivity index (χ0) is 43.8. The van der Waals surface area contributed by atoms with Crippen LogP contribution in [0.15, 0.2) is 267 Å². The van der Waals surface area contributed by atoms with E-state index < -0.39 is 0 Å². The quantitative estimate of drug-likeness (QED) is 0.141. The largest absolute Gasteiger partial charge is 0.311 e. The van der Waals surface area contributed by atoms with Crippen LogP contribution in [0.25, 0.3) is 93.9 Å². The average Bonchev–Trinajstić information content (AvgIpc) is 3.74. The lowest BCUT2D eigenvalue weighted by Gasteiger charge is -2.26. The molecule has 1 aromatic heterocycles. The molecule has 0 radical (unpaired) electrons. The maximum absolute atomic E-state index is 2.38. The Balaban J connectivity index is 0.902. The SMILES string of the molecule is c1ccc(-c2cccc(-c3ccc(N(c4ccc(-c5cccc(-c6cccc7ccccc67)c5)cc4)c4ccc(-c5cccc(-n6c7ccccc7c7ccccc76)c5)cc4)cc3)c2)cc1. The fourth-order valence-electron chi connectivity index (χ4n) is 9.73. The van der Waals surface area contributed by atoms with Gasteiger partial charge in [0, 0.05) is 33.5 Å². The molecule has 0 unspecified atom stereocenters. The molecule has 0 aliphatic rings. The van der Waals surface area contributed by atoms with Gasteiger partial charge in [0.25, 0.3) is 0 Å². The minimum Gasteiger partial charge on any atom is -0.311 e. The minimum atomic E-state index is 1.09. The second-order valence-corrected chi connectivity index (χ2v) is 17.0. The molecule has 12 rings (SSSR count). The van der Waals surface area contributed by atoms with Crippen LogP contribution in [0.4, 0.5) is 17.1 Å². The number of para-hydroxylation sites is 2. The molecule has 0 bridgehead atoms. The van der Waals surface area contributed by atoms with Crippen LogP contribution >= 0.6 is 0 Å². The summed E-state index contributed by atoms with van der Waals surface area (Å²) in [4.78, 5) is 2.36. The summed E-state index contributed by atoms with van der Waals surface area (Å²) in [7, 11) is 0. The molecule has 12 aromatic rings. The minimum absolute atomic E-state index is 1.09. The molecule has 1 heterocycles. The molecule has 0 amide bonds. The molecule has 0 N–H and O–H groups in total. The standard InChI is InChI=1S/C64H44N2/c1-2-14-45(15-3-1)50-18-10-19-51(42-50)46-30-36-55(37-31-46)65(56-38-32-47(33-39-56)52-20-11-22-54(43-52)60-27-13-17-49-16-4-5-24-59(49)60)57-40-34-48(35-41-57)53-21-12-23-58(44-53)66-63-28-8-6-25-61(63)62-26-7-9-29-64(62)66/h1-44H. The van der Waals surface area contributed by atoms with E-state index in [1.165, 1.54) is 82.6 Å². The summed E-state index contributed by atoms with van der Waals surface area (Å²) in [6, 6.07) is 96.8. The number of hydrogen-bond donors (Lipinski definition) is 0. The van der Waals surface area contributed by atoms with Crippen LogP contribution in [0, 0.1) is 0 Å². The van der Waals surface area contributed by atoms with E-state index >= 15 is 0 Å². The van der Waals surface area contributed by atoms with Gasteiger partial charge in [0.1, 0.15) is 0 Å². The van der Waals surface area contributed by atoms with Crippen LogP contribution in [-0.4, -0.2) is 4.57 Å². The van der Waals surface area contributed by atoms with E-state index in [-0.39, 0.29) is 0 Å². The number of fused-ring (bicyclic) bond motifs is 4. The number of hydrogen-bond acceptors (Lipinski definition) is 1. The van der Waals surface area contributed by atoms with Crippen molar-refractivity contribution < 1.29 is 0 Å². The Hall–Kier alpha value is -8.72. The highest BCUT2D eigenvalue weighted by atomic mass is 15.1. The lowest BCUT2D eigenvalue weighted by Crippen LogP contribution is -2.09. The van der Waals surface area contributed by atoms with E-state index in [9.17, 15) is 0 Å². The zero-order valence-electron chi connectivity index (χ0n) is 36.3. The summed E-state index contributed by atoms with van der Waals surface area (Å²) in [6.45, 7) is 0. The van der Waals surface area contributed by atoms with Gasteiger partial charge in [0.05, 0.1) is 11.0 Å². The van der Waals surface area contributed by atoms with Crippen molar-refractivity contribution in [2.24, 2.45) is 0 Å². The van der Waals surface area contributed by atoms with Crippen molar-refractivity contribution in [3.05, 3.63) is 267 Å². The molecule has 0 spiro atoms. The van der Waals surface area contributed by atoms with Crippen LogP contribution in [0.3, 0.4) is 0 Å². The second-order valence-electron chi connectivity index (χ2n) is 17.0. The summed E-state index contributed by atoms with van der Waals surface area (Å²) in [5.74, 6) is 0. The maximum atomic E-state index is 2.38. The van der Waals surface area contributed by atoms with Crippen molar-refractivity contribution in [3.8, 4) is 61.3 Å². The Morgan fingerprint density at radius 2 is 0.621 bits per heavy atom. The third-order valence-electron chi connectivity index (χ3n) is 13.0. The predicted molar refractivity (Wildman–Crippen MR) is 280 cm³/mol. The third kappa shape index (κ3) is 7.21. The lowest BCUT2D eigenvalue weighted by molar-refractivity contribution is 1.18. The first-order chi connectivity index (χ1) is 32.7. The Labute approximate surface area is 385 Å². The van der Waals surface area contributed by atoms with Gasteiger partial charge in [-0.05, 0) is 139 Å². The first-order valence-electron chi connectivity index (χ1n) is 22.7. The molecule has 0 atom stereocenters. The highest BCUT2D eigenvalue weighted by Crippen LogP contribution is 2.40. The number of anilines is 3. The highest BCUT2D eigenvalue weighted by Gasteiger charge is 2.16. The Morgan fingerprint density at radius 1 is 0.242 bits per heavy atom. The Kier molecular flexibility index (Phi) is 9.89. The Morgan fingerprint density at radius 3 is 1.18 bits per heavy atom. The second kappa shape index (κ2) is 16.8. The van der Waals surface area contributed by atoms with Gasteiger partial charge in [-0.2, -0.15) is 0 Å². The van der Waals surface area contributed by atoms with Crippen LogP contribution < -0.4 is 4.90 Å². The molecule has 66 heavy (non-hydrogen) atoms. The van der Waals surface area contributed by atoms with Gasteiger partial charge in [-0.3, -0.25) is 0 Å². The number of nitrogens with zero attached hydrogens (tertiary/aromatic N) is 2. The number of benzene rings is 11. The van der Waals surface area contributed by atoms with Crippen LogP contribution in [-0.2, 0) is 0 Å². The van der Waals surface area contributed by atoms with Crippen molar-refractivity contribution in [2.45, 2.75) is 0 Å². The molecule has 0 aliphatic heterocycles. The van der Waals surface area contributed by atoms with E-state index in [1.54, 1.807) is 0 Å². The van der Waals surface area contributed by atoms with Crippen LogP contribution in [0.2, 0.25) is 0 Å². The van der Waals surface area contributed by atoms with Gasteiger partial charge in [-0.1, -0.05) is 194 Å². The van der Waals surface area contributed by atoms with E-state index in [0.717, 1.165) is 28.3 Å². The van der Waals surface area contributed by atoms with Gasteiger partial charge in [0.15, 0.2) is 0 Å². The van der Waals surface area contributed by atoms with Gasteiger partial charge in [0.2, 0.25) is 0 Å². The molecule has 0 saturated heterocycles.